The number of aliphatic carboxylic acids is 1. The average Bonchev–Trinajstić information content (AvgIpc) is 2.47. The third-order valence-electron chi connectivity index (χ3n) is 3.73. The molecule has 1 aromatic rings. The number of ether oxygens (including phenoxy) is 1. The maximum absolute atomic E-state index is 11.5. The van der Waals surface area contributed by atoms with Crippen LogP contribution in [-0.4, -0.2) is 40.7 Å². The predicted molar refractivity (Wildman–Crippen MR) is 75.4 cm³/mol. The standard InChI is InChI=1S/C13H18ClN3O3/c1-3-8-4-5-17(10(6-8)12(18)19)11-9(14)7-15-13(16-11)20-2/h7-8,10H,3-6H2,1-2H3,(H,18,19). The van der Waals surface area contributed by atoms with Crippen LogP contribution in [0, 0.1) is 5.92 Å². The Balaban J connectivity index is 2.32. The van der Waals surface area contributed by atoms with Gasteiger partial charge in [-0.2, -0.15) is 4.98 Å². The molecule has 0 saturated carbocycles. The summed E-state index contributed by atoms with van der Waals surface area (Å²) in [7, 11) is 1.46. The molecule has 0 spiro atoms. The monoisotopic (exact) mass is 299 g/mol. The number of hydrogen-bond donors (Lipinski definition) is 1. The zero-order chi connectivity index (χ0) is 14.7. The molecular formula is C13H18ClN3O3. The van der Waals surface area contributed by atoms with E-state index in [9.17, 15) is 9.90 Å². The molecule has 0 aromatic carbocycles. The molecule has 1 aliphatic rings. The Labute approximate surface area is 122 Å². The van der Waals surface area contributed by atoms with E-state index in [0.717, 1.165) is 12.8 Å². The van der Waals surface area contributed by atoms with Gasteiger partial charge in [-0.25, -0.2) is 9.78 Å². The lowest BCUT2D eigenvalue weighted by Gasteiger charge is -2.37. The van der Waals surface area contributed by atoms with Crippen molar-refractivity contribution in [2.24, 2.45) is 5.92 Å². The summed E-state index contributed by atoms with van der Waals surface area (Å²) < 4.78 is 4.98. The van der Waals surface area contributed by atoms with Crippen LogP contribution in [0.25, 0.3) is 0 Å². The number of rotatable bonds is 4. The second-order valence-electron chi connectivity index (χ2n) is 4.87. The molecule has 6 nitrogen and oxygen atoms in total. The maximum atomic E-state index is 11.5. The van der Waals surface area contributed by atoms with Crippen LogP contribution in [0.5, 0.6) is 6.01 Å². The summed E-state index contributed by atoms with van der Waals surface area (Å²) >= 11 is 6.11. The fraction of sp³-hybridized carbons (Fsp3) is 0.615. The van der Waals surface area contributed by atoms with Gasteiger partial charge in [0, 0.05) is 6.54 Å². The van der Waals surface area contributed by atoms with Gasteiger partial charge in [-0.05, 0) is 18.8 Å². The van der Waals surface area contributed by atoms with E-state index in [2.05, 4.69) is 16.9 Å². The molecule has 2 rings (SSSR count). The van der Waals surface area contributed by atoms with E-state index in [1.54, 1.807) is 4.90 Å². The lowest BCUT2D eigenvalue weighted by Crippen LogP contribution is -2.47. The Morgan fingerprint density at radius 2 is 2.40 bits per heavy atom. The van der Waals surface area contributed by atoms with Crippen molar-refractivity contribution in [1.82, 2.24) is 9.97 Å². The first kappa shape index (κ1) is 14.8. The minimum absolute atomic E-state index is 0.186. The van der Waals surface area contributed by atoms with E-state index < -0.39 is 12.0 Å². The highest BCUT2D eigenvalue weighted by atomic mass is 35.5. The highest BCUT2D eigenvalue weighted by Crippen LogP contribution is 2.33. The fourth-order valence-electron chi connectivity index (χ4n) is 2.54. The summed E-state index contributed by atoms with van der Waals surface area (Å²) in [6.07, 6.45) is 3.96. The van der Waals surface area contributed by atoms with Crippen molar-refractivity contribution in [2.45, 2.75) is 32.2 Å². The number of piperidine rings is 1. The first-order valence-electron chi connectivity index (χ1n) is 6.62. The highest BCUT2D eigenvalue weighted by molar-refractivity contribution is 6.32. The van der Waals surface area contributed by atoms with Crippen LogP contribution in [0.15, 0.2) is 6.20 Å². The first-order chi connectivity index (χ1) is 9.56. The lowest BCUT2D eigenvalue weighted by atomic mass is 9.89. The number of anilines is 1. The van der Waals surface area contributed by atoms with Crippen molar-refractivity contribution in [1.29, 1.82) is 0 Å². The van der Waals surface area contributed by atoms with Crippen LogP contribution < -0.4 is 9.64 Å². The number of carbonyl (C=O) groups is 1. The van der Waals surface area contributed by atoms with Gasteiger partial charge in [-0.1, -0.05) is 24.9 Å². The molecule has 110 valence electrons. The zero-order valence-electron chi connectivity index (χ0n) is 11.5. The fourth-order valence-corrected chi connectivity index (χ4v) is 2.74. The van der Waals surface area contributed by atoms with Crippen molar-refractivity contribution in [3.05, 3.63) is 11.2 Å². The molecule has 2 unspecified atom stereocenters. The minimum Gasteiger partial charge on any atom is -0.480 e. The molecule has 0 amide bonds. The number of halogens is 1. The van der Waals surface area contributed by atoms with Gasteiger partial charge in [-0.3, -0.25) is 0 Å². The topological polar surface area (TPSA) is 75.5 Å². The number of carboxylic acids is 1. The van der Waals surface area contributed by atoms with Gasteiger partial charge in [0.05, 0.1) is 13.3 Å². The molecule has 20 heavy (non-hydrogen) atoms. The Hall–Kier alpha value is -1.56. The van der Waals surface area contributed by atoms with Crippen LogP contribution in [0.4, 0.5) is 5.82 Å². The Kier molecular flexibility index (Phi) is 4.65. The molecule has 0 aliphatic carbocycles. The van der Waals surface area contributed by atoms with Gasteiger partial charge in [0.15, 0.2) is 5.82 Å². The molecule has 1 aliphatic heterocycles. The van der Waals surface area contributed by atoms with E-state index in [1.165, 1.54) is 13.3 Å². The number of carboxylic acid groups (broad SMARTS) is 1. The molecule has 7 heteroatoms. The molecular weight excluding hydrogens is 282 g/mol. The zero-order valence-corrected chi connectivity index (χ0v) is 12.3. The van der Waals surface area contributed by atoms with E-state index in [4.69, 9.17) is 16.3 Å². The van der Waals surface area contributed by atoms with Gasteiger partial charge in [0.25, 0.3) is 0 Å². The minimum atomic E-state index is -0.850. The Morgan fingerprint density at radius 3 is 3.00 bits per heavy atom. The van der Waals surface area contributed by atoms with Crippen molar-refractivity contribution in [3.8, 4) is 6.01 Å². The summed E-state index contributed by atoms with van der Waals surface area (Å²) in [6.45, 7) is 2.70. The number of hydrogen-bond acceptors (Lipinski definition) is 5. The third kappa shape index (κ3) is 2.95. The molecule has 0 bridgehead atoms. The number of methoxy groups -OCH3 is 1. The molecule has 1 aromatic heterocycles. The van der Waals surface area contributed by atoms with E-state index in [0.29, 0.717) is 29.7 Å². The van der Waals surface area contributed by atoms with Gasteiger partial charge >= 0.3 is 12.0 Å². The summed E-state index contributed by atoms with van der Waals surface area (Å²) in [5, 5.41) is 9.78. The summed E-state index contributed by atoms with van der Waals surface area (Å²) in [5.74, 6) is 0.00660. The van der Waals surface area contributed by atoms with Crippen molar-refractivity contribution in [2.75, 3.05) is 18.6 Å². The smallest absolute Gasteiger partial charge is 0.326 e. The second-order valence-corrected chi connectivity index (χ2v) is 5.28. The van der Waals surface area contributed by atoms with E-state index >= 15 is 0 Å². The normalized spacial score (nSPS) is 22.6. The van der Waals surface area contributed by atoms with Crippen LogP contribution in [0.1, 0.15) is 26.2 Å². The number of aromatic nitrogens is 2. The van der Waals surface area contributed by atoms with Crippen LogP contribution in [0.2, 0.25) is 5.02 Å². The van der Waals surface area contributed by atoms with Crippen LogP contribution in [0.3, 0.4) is 0 Å². The van der Waals surface area contributed by atoms with Gasteiger partial charge in [0.1, 0.15) is 11.1 Å². The molecule has 1 saturated heterocycles. The van der Waals surface area contributed by atoms with Crippen molar-refractivity contribution in [3.63, 3.8) is 0 Å². The molecule has 2 heterocycles. The van der Waals surface area contributed by atoms with Crippen molar-refractivity contribution >= 4 is 23.4 Å². The third-order valence-corrected chi connectivity index (χ3v) is 4.00. The largest absolute Gasteiger partial charge is 0.480 e. The summed E-state index contributed by atoms with van der Waals surface area (Å²) in [4.78, 5) is 21.4. The molecule has 1 N–H and O–H groups in total. The lowest BCUT2D eigenvalue weighted by molar-refractivity contribution is -0.139. The van der Waals surface area contributed by atoms with Crippen LogP contribution >= 0.6 is 11.6 Å². The second kappa shape index (κ2) is 6.26. The SMILES string of the molecule is CCC1CCN(c2nc(OC)ncc2Cl)C(C(=O)O)C1. The predicted octanol–water partition coefficient (Wildman–Crippen LogP) is 2.22. The maximum Gasteiger partial charge on any atom is 0.326 e. The van der Waals surface area contributed by atoms with E-state index in [-0.39, 0.29) is 6.01 Å². The quantitative estimate of drug-likeness (QED) is 0.919. The van der Waals surface area contributed by atoms with Crippen LogP contribution in [-0.2, 0) is 4.79 Å². The highest BCUT2D eigenvalue weighted by Gasteiger charge is 2.34. The summed E-state index contributed by atoms with van der Waals surface area (Å²) in [6, 6.07) is -0.419. The number of nitrogens with zero attached hydrogens (tertiary/aromatic N) is 3. The van der Waals surface area contributed by atoms with Crippen molar-refractivity contribution < 1.29 is 14.6 Å². The van der Waals surface area contributed by atoms with E-state index in [1.807, 2.05) is 0 Å². The molecule has 0 radical (unpaired) electrons. The van der Waals surface area contributed by atoms with Gasteiger partial charge < -0.3 is 14.7 Å². The van der Waals surface area contributed by atoms with Gasteiger partial charge in [0.2, 0.25) is 0 Å². The summed E-state index contributed by atoms with van der Waals surface area (Å²) in [5.41, 5.74) is 0. The first-order valence-corrected chi connectivity index (χ1v) is 7.00. The molecule has 1 fully saturated rings. The average molecular weight is 300 g/mol. The Bertz CT molecular complexity index is 498. The molecule has 2 atom stereocenters. The Morgan fingerprint density at radius 1 is 1.65 bits per heavy atom. The van der Waals surface area contributed by atoms with Gasteiger partial charge in [-0.15, -0.1) is 0 Å².